The van der Waals surface area contributed by atoms with Crippen LogP contribution in [0.25, 0.3) is 10.9 Å². The van der Waals surface area contributed by atoms with Crippen molar-refractivity contribution in [1.29, 1.82) is 5.26 Å². The lowest BCUT2D eigenvalue weighted by Crippen LogP contribution is -2.34. The zero-order chi connectivity index (χ0) is 29.2. The van der Waals surface area contributed by atoms with Crippen LogP contribution >= 0.6 is 0 Å². The van der Waals surface area contributed by atoms with Gasteiger partial charge in [0.2, 0.25) is 0 Å². The van der Waals surface area contributed by atoms with E-state index >= 15 is 0 Å². The number of hydrogen-bond acceptors (Lipinski definition) is 8. The van der Waals surface area contributed by atoms with Gasteiger partial charge in [-0.25, -0.2) is 0 Å². The van der Waals surface area contributed by atoms with Crippen molar-refractivity contribution in [1.82, 2.24) is 10.3 Å². The number of nitriles is 1. The second kappa shape index (κ2) is 13.9. The zero-order valence-corrected chi connectivity index (χ0v) is 23.7. The number of unbranched alkanes of at least 4 members (excludes halogenated alkanes) is 1. The maximum absolute atomic E-state index is 12.0. The molecular formula is C32H34N4O5. The summed E-state index contributed by atoms with van der Waals surface area (Å²) in [4.78, 5) is 16.5. The molecule has 0 saturated carbocycles. The van der Waals surface area contributed by atoms with Crippen LogP contribution in [0.5, 0.6) is 28.7 Å². The summed E-state index contributed by atoms with van der Waals surface area (Å²) in [6.07, 6.45) is 3.50. The maximum atomic E-state index is 12.0. The highest BCUT2D eigenvalue weighted by Crippen LogP contribution is 2.38. The third kappa shape index (κ3) is 7.57. The molecule has 0 aliphatic heterocycles. The van der Waals surface area contributed by atoms with Gasteiger partial charge in [-0.3, -0.25) is 9.78 Å². The molecule has 0 atom stereocenters. The molecule has 212 valence electrons. The van der Waals surface area contributed by atoms with Gasteiger partial charge in [0.25, 0.3) is 5.91 Å². The molecule has 4 rings (SSSR count). The molecular weight excluding hydrogens is 520 g/mol. The van der Waals surface area contributed by atoms with Gasteiger partial charge in [0.15, 0.2) is 29.6 Å². The fourth-order valence-electron chi connectivity index (χ4n) is 4.06. The number of para-hydroxylation sites is 2. The van der Waals surface area contributed by atoms with Gasteiger partial charge in [-0.2, -0.15) is 5.26 Å². The lowest BCUT2D eigenvalue weighted by molar-refractivity contribution is -0.123. The van der Waals surface area contributed by atoms with Crippen LogP contribution < -0.4 is 29.6 Å². The number of nitrogens with zero attached hydrogens (tertiary/aromatic N) is 2. The highest BCUT2D eigenvalue weighted by Gasteiger charge is 2.15. The number of carbonyl (C=O) groups is 1. The Morgan fingerprint density at radius 3 is 2.44 bits per heavy atom. The number of methoxy groups -OCH3 is 1. The lowest BCUT2D eigenvalue weighted by Gasteiger charge is -2.16. The van der Waals surface area contributed by atoms with E-state index in [-0.39, 0.29) is 18.6 Å². The molecule has 4 aromatic rings. The van der Waals surface area contributed by atoms with Gasteiger partial charge in [0.05, 0.1) is 30.5 Å². The molecule has 0 fully saturated rings. The second-order valence-electron chi connectivity index (χ2n) is 9.59. The molecule has 2 N–H and O–H groups in total. The number of anilines is 2. The molecule has 9 heteroatoms. The Morgan fingerprint density at radius 1 is 1.00 bits per heavy atom. The van der Waals surface area contributed by atoms with Gasteiger partial charge in [-0.05, 0) is 62.7 Å². The van der Waals surface area contributed by atoms with Crippen molar-refractivity contribution in [3.05, 3.63) is 72.4 Å². The molecule has 0 saturated heterocycles. The Hall–Kier alpha value is -4.97. The highest BCUT2D eigenvalue weighted by molar-refractivity contribution is 5.97. The summed E-state index contributed by atoms with van der Waals surface area (Å²) in [5, 5.41) is 16.7. The Balaban J connectivity index is 1.53. The Kier molecular flexibility index (Phi) is 9.84. The molecule has 0 unspecified atom stereocenters. The molecule has 0 aliphatic rings. The molecule has 1 heterocycles. The first-order valence-corrected chi connectivity index (χ1v) is 13.5. The number of rotatable bonds is 13. The van der Waals surface area contributed by atoms with E-state index in [9.17, 15) is 10.1 Å². The van der Waals surface area contributed by atoms with Gasteiger partial charge in [-0.15, -0.1) is 0 Å². The number of nitrogens with one attached hydrogen (secondary N) is 2. The van der Waals surface area contributed by atoms with Crippen molar-refractivity contribution < 1.29 is 23.7 Å². The van der Waals surface area contributed by atoms with Crippen molar-refractivity contribution in [3.63, 3.8) is 0 Å². The van der Waals surface area contributed by atoms with Crippen molar-refractivity contribution in [2.75, 3.05) is 25.6 Å². The first-order chi connectivity index (χ1) is 19.9. The van der Waals surface area contributed by atoms with Crippen LogP contribution in [0, 0.1) is 11.3 Å². The summed E-state index contributed by atoms with van der Waals surface area (Å²) in [5.41, 5.74) is 2.44. The number of aromatic nitrogens is 1. The molecule has 1 amide bonds. The van der Waals surface area contributed by atoms with E-state index in [1.165, 1.54) is 0 Å². The van der Waals surface area contributed by atoms with E-state index in [4.69, 9.17) is 18.9 Å². The minimum atomic E-state index is -0.205. The number of benzene rings is 3. The van der Waals surface area contributed by atoms with Crippen molar-refractivity contribution in [2.24, 2.45) is 0 Å². The summed E-state index contributed by atoms with van der Waals surface area (Å²) < 4.78 is 23.2. The zero-order valence-electron chi connectivity index (χ0n) is 23.7. The predicted molar refractivity (Wildman–Crippen MR) is 158 cm³/mol. The van der Waals surface area contributed by atoms with Crippen LogP contribution in [0.3, 0.4) is 0 Å². The molecule has 0 spiro atoms. The fraction of sp³-hybridized carbons (Fsp3) is 0.281. The standard InChI is InChI=1S/C32H34N4O5/c1-5-6-15-39-30-17-26-25(16-29(30)38-4)32(22(18-33)19-34-26)36-23-11-13-24(14-12-23)41-28-10-8-7-9-27(28)40-20-31(37)35-21(2)3/h7-14,16-17,19,21H,5-6,15,20H2,1-4H3,(H,34,36)(H,35,37). The normalized spacial score (nSPS) is 10.6. The molecule has 3 aromatic carbocycles. The summed E-state index contributed by atoms with van der Waals surface area (Å²) in [6.45, 7) is 6.36. The monoisotopic (exact) mass is 554 g/mol. The number of carbonyl (C=O) groups excluding carboxylic acids is 1. The Morgan fingerprint density at radius 2 is 1.76 bits per heavy atom. The number of fused-ring (bicyclic) bond motifs is 1. The summed E-state index contributed by atoms with van der Waals surface area (Å²) in [5.74, 6) is 2.50. The van der Waals surface area contributed by atoms with Crippen LogP contribution in [-0.2, 0) is 4.79 Å². The molecule has 9 nitrogen and oxygen atoms in total. The molecule has 0 aliphatic carbocycles. The van der Waals surface area contributed by atoms with E-state index in [1.807, 2.05) is 50.2 Å². The SMILES string of the molecule is CCCCOc1cc2ncc(C#N)c(Nc3ccc(Oc4ccccc4OCC(=O)NC(C)C)cc3)c2cc1OC. The number of ether oxygens (including phenoxy) is 4. The van der Waals surface area contributed by atoms with E-state index in [0.717, 1.165) is 23.9 Å². The number of amides is 1. The van der Waals surface area contributed by atoms with Crippen LogP contribution in [0.2, 0.25) is 0 Å². The third-order valence-corrected chi connectivity index (χ3v) is 6.04. The van der Waals surface area contributed by atoms with Gasteiger partial charge in [-0.1, -0.05) is 25.5 Å². The molecule has 1 aromatic heterocycles. The minimum Gasteiger partial charge on any atom is -0.493 e. The Labute approximate surface area is 240 Å². The summed E-state index contributed by atoms with van der Waals surface area (Å²) in [6, 6.07) is 20.4. The number of hydrogen-bond donors (Lipinski definition) is 2. The van der Waals surface area contributed by atoms with Crippen LogP contribution in [0.15, 0.2) is 66.9 Å². The third-order valence-electron chi connectivity index (χ3n) is 6.04. The van der Waals surface area contributed by atoms with Crippen LogP contribution in [-0.4, -0.2) is 37.3 Å². The first-order valence-electron chi connectivity index (χ1n) is 13.5. The van der Waals surface area contributed by atoms with Gasteiger partial charge >= 0.3 is 0 Å². The maximum Gasteiger partial charge on any atom is 0.258 e. The molecule has 0 bridgehead atoms. The van der Waals surface area contributed by atoms with Gasteiger partial charge in [0.1, 0.15) is 11.8 Å². The quantitative estimate of drug-likeness (QED) is 0.175. The average molecular weight is 555 g/mol. The van der Waals surface area contributed by atoms with Crippen molar-refractivity contribution >= 4 is 28.2 Å². The van der Waals surface area contributed by atoms with Gasteiger partial charge < -0.3 is 29.6 Å². The van der Waals surface area contributed by atoms with Crippen LogP contribution in [0.1, 0.15) is 39.2 Å². The second-order valence-corrected chi connectivity index (χ2v) is 9.59. The van der Waals surface area contributed by atoms with E-state index in [2.05, 4.69) is 28.6 Å². The molecule has 0 radical (unpaired) electrons. The van der Waals surface area contributed by atoms with Crippen molar-refractivity contribution in [3.8, 4) is 34.8 Å². The Bertz CT molecular complexity index is 1530. The van der Waals surface area contributed by atoms with E-state index < -0.39 is 0 Å². The predicted octanol–water partition coefficient (Wildman–Crippen LogP) is 6.73. The fourth-order valence-corrected chi connectivity index (χ4v) is 4.06. The van der Waals surface area contributed by atoms with Crippen LogP contribution in [0.4, 0.5) is 11.4 Å². The smallest absolute Gasteiger partial charge is 0.258 e. The summed E-state index contributed by atoms with van der Waals surface area (Å²) >= 11 is 0. The summed E-state index contributed by atoms with van der Waals surface area (Å²) in [7, 11) is 1.59. The highest BCUT2D eigenvalue weighted by atomic mass is 16.5. The molecule has 41 heavy (non-hydrogen) atoms. The first kappa shape index (κ1) is 29.0. The lowest BCUT2D eigenvalue weighted by atomic mass is 10.1. The number of pyridine rings is 1. The topological polar surface area (TPSA) is 115 Å². The largest absolute Gasteiger partial charge is 0.493 e. The minimum absolute atomic E-state index is 0.0307. The van der Waals surface area contributed by atoms with Gasteiger partial charge in [0, 0.05) is 29.4 Å². The van der Waals surface area contributed by atoms with E-state index in [0.29, 0.717) is 52.1 Å². The van der Waals surface area contributed by atoms with Crippen molar-refractivity contribution in [2.45, 2.75) is 39.7 Å². The average Bonchev–Trinajstić information content (AvgIpc) is 2.97. The van der Waals surface area contributed by atoms with E-state index in [1.54, 1.807) is 37.6 Å².